The second-order valence-electron chi connectivity index (χ2n) is 4.07. The molecule has 0 bridgehead atoms. The van der Waals surface area contributed by atoms with Crippen molar-refractivity contribution in [2.75, 3.05) is 0 Å². The predicted molar refractivity (Wildman–Crippen MR) is 67.8 cm³/mol. The molecular weight excluding hydrogens is 236 g/mol. The Hall–Kier alpha value is -1.42. The van der Waals surface area contributed by atoms with Crippen LogP contribution in [0.15, 0.2) is 6.07 Å². The Morgan fingerprint density at radius 2 is 1.76 bits per heavy atom. The van der Waals surface area contributed by atoms with Crippen LogP contribution in [0, 0.1) is 20.8 Å². The van der Waals surface area contributed by atoms with Crippen LogP contribution in [0.5, 0.6) is 0 Å². The lowest BCUT2D eigenvalue weighted by Crippen LogP contribution is -2.05. The van der Waals surface area contributed by atoms with Gasteiger partial charge in [-0.2, -0.15) is 9.78 Å². The lowest BCUT2D eigenvalue weighted by molar-refractivity contribution is 0.784. The minimum Gasteiger partial charge on any atom is -0.216 e. The average molecular weight is 251 g/mol. The van der Waals surface area contributed by atoms with E-state index in [0.29, 0.717) is 11.1 Å². The highest BCUT2D eigenvalue weighted by atomic mass is 35.5. The van der Waals surface area contributed by atoms with E-state index in [2.05, 4.69) is 22.0 Å². The molecule has 2 rings (SSSR count). The van der Waals surface area contributed by atoms with Gasteiger partial charge in [0.1, 0.15) is 5.15 Å². The summed E-state index contributed by atoms with van der Waals surface area (Å²) in [6.45, 7) is 7.87. The molecule has 0 aliphatic carbocycles. The van der Waals surface area contributed by atoms with Gasteiger partial charge in [-0.1, -0.05) is 18.5 Å². The summed E-state index contributed by atoms with van der Waals surface area (Å²) in [5, 5.41) is 5.00. The van der Waals surface area contributed by atoms with Crippen molar-refractivity contribution in [2.45, 2.75) is 34.1 Å². The molecule has 5 heteroatoms. The van der Waals surface area contributed by atoms with Crippen LogP contribution in [-0.2, 0) is 6.42 Å². The Labute approximate surface area is 106 Å². The zero-order valence-electron chi connectivity index (χ0n) is 10.5. The molecule has 17 heavy (non-hydrogen) atoms. The first-order valence-electron chi connectivity index (χ1n) is 5.59. The van der Waals surface area contributed by atoms with Crippen LogP contribution < -0.4 is 0 Å². The second kappa shape index (κ2) is 4.45. The summed E-state index contributed by atoms with van der Waals surface area (Å²) in [6.07, 6.45) is 0.857. The van der Waals surface area contributed by atoms with Crippen LogP contribution in [-0.4, -0.2) is 19.7 Å². The Balaban J connectivity index is 2.60. The molecule has 0 aliphatic rings. The maximum Gasteiger partial charge on any atom is 0.252 e. The fourth-order valence-corrected chi connectivity index (χ4v) is 2.25. The van der Waals surface area contributed by atoms with Gasteiger partial charge in [0.2, 0.25) is 0 Å². The molecule has 2 aromatic heterocycles. The summed E-state index contributed by atoms with van der Waals surface area (Å²) in [6, 6.07) is 1.93. The van der Waals surface area contributed by atoms with Crippen molar-refractivity contribution >= 4 is 11.6 Å². The van der Waals surface area contributed by atoms with E-state index in [4.69, 9.17) is 11.6 Å². The van der Waals surface area contributed by atoms with Gasteiger partial charge in [-0.05, 0) is 33.3 Å². The fourth-order valence-electron chi connectivity index (χ4n) is 1.87. The zero-order valence-corrected chi connectivity index (χ0v) is 11.2. The Morgan fingerprint density at radius 3 is 2.24 bits per heavy atom. The zero-order chi connectivity index (χ0) is 12.6. The highest BCUT2D eigenvalue weighted by Crippen LogP contribution is 2.22. The summed E-state index contributed by atoms with van der Waals surface area (Å²) in [4.78, 5) is 8.72. The van der Waals surface area contributed by atoms with Gasteiger partial charge in [0, 0.05) is 17.0 Å². The van der Waals surface area contributed by atoms with Crippen LogP contribution in [0.25, 0.3) is 5.95 Å². The van der Waals surface area contributed by atoms with Crippen molar-refractivity contribution in [1.29, 1.82) is 0 Å². The van der Waals surface area contributed by atoms with Crippen molar-refractivity contribution in [3.05, 3.63) is 33.9 Å². The van der Waals surface area contributed by atoms with Gasteiger partial charge in [-0.25, -0.2) is 9.97 Å². The molecule has 0 N–H and O–H groups in total. The molecule has 0 unspecified atom stereocenters. The molecular formula is C12H15ClN4. The molecule has 0 spiro atoms. The molecule has 0 amide bonds. The van der Waals surface area contributed by atoms with Crippen molar-refractivity contribution < 1.29 is 0 Å². The molecule has 4 nitrogen and oxygen atoms in total. The van der Waals surface area contributed by atoms with Gasteiger partial charge in [0.05, 0.1) is 5.69 Å². The standard InChI is InChI=1S/C12H15ClN4/c1-5-10-9(4)16-17(11(10)13)12-14-7(2)6-8(3)15-12/h6H,5H2,1-4H3. The maximum absolute atomic E-state index is 6.29. The van der Waals surface area contributed by atoms with Gasteiger partial charge in [0.15, 0.2) is 0 Å². The molecule has 0 aliphatic heterocycles. The fraction of sp³-hybridized carbons (Fsp3) is 0.417. The first-order valence-corrected chi connectivity index (χ1v) is 5.97. The first-order chi connectivity index (χ1) is 8.02. The normalized spacial score (nSPS) is 10.9. The van der Waals surface area contributed by atoms with E-state index in [-0.39, 0.29) is 0 Å². The summed E-state index contributed by atoms with van der Waals surface area (Å²) in [7, 11) is 0. The van der Waals surface area contributed by atoms with E-state index in [1.54, 1.807) is 4.68 Å². The topological polar surface area (TPSA) is 43.6 Å². The van der Waals surface area contributed by atoms with E-state index in [0.717, 1.165) is 29.1 Å². The second-order valence-corrected chi connectivity index (χ2v) is 4.43. The number of aryl methyl sites for hydroxylation is 3. The Bertz CT molecular complexity index is 540. The van der Waals surface area contributed by atoms with Gasteiger partial charge >= 0.3 is 0 Å². The van der Waals surface area contributed by atoms with Gasteiger partial charge in [-0.15, -0.1) is 0 Å². The Kier molecular flexibility index (Phi) is 3.15. The molecule has 0 saturated heterocycles. The van der Waals surface area contributed by atoms with Crippen LogP contribution in [0.2, 0.25) is 5.15 Å². The average Bonchev–Trinajstić information content (AvgIpc) is 2.52. The van der Waals surface area contributed by atoms with Gasteiger partial charge in [0.25, 0.3) is 5.95 Å². The quantitative estimate of drug-likeness (QED) is 0.823. The van der Waals surface area contributed by atoms with Crippen LogP contribution >= 0.6 is 11.6 Å². The molecule has 0 radical (unpaired) electrons. The van der Waals surface area contributed by atoms with Gasteiger partial charge < -0.3 is 0 Å². The van der Waals surface area contributed by atoms with E-state index in [9.17, 15) is 0 Å². The molecule has 90 valence electrons. The van der Waals surface area contributed by atoms with E-state index >= 15 is 0 Å². The minimum absolute atomic E-state index is 0.537. The lowest BCUT2D eigenvalue weighted by atomic mass is 10.2. The van der Waals surface area contributed by atoms with E-state index in [1.807, 2.05) is 26.8 Å². The Morgan fingerprint density at radius 1 is 1.18 bits per heavy atom. The number of nitrogens with zero attached hydrogens (tertiary/aromatic N) is 4. The minimum atomic E-state index is 0.537. The number of rotatable bonds is 2. The number of hydrogen-bond acceptors (Lipinski definition) is 3. The third-order valence-electron chi connectivity index (χ3n) is 2.64. The van der Waals surface area contributed by atoms with Crippen LogP contribution in [0.4, 0.5) is 0 Å². The van der Waals surface area contributed by atoms with Crippen LogP contribution in [0.3, 0.4) is 0 Å². The first kappa shape index (κ1) is 12.0. The number of halogens is 1. The highest BCUT2D eigenvalue weighted by molar-refractivity contribution is 6.30. The molecule has 0 aromatic carbocycles. The van der Waals surface area contributed by atoms with E-state index in [1.165, 1.54) is 0 Å². The lowest BCUT2D eigenvalue weighted by Gasteiger charge is -2.04. The van der Waals surface area contributed by atoms with Gasteiger partial charge in [-0.3, -0.25) is 0 Å². The van der Waals surface area contributed by atoms with E-state index < -0.39 is 0 Å². The highest BCUT2D eigenvalue weighted by Gasteiger charge is 2.15. The van der Waals surface area contributed by atoms with Crippen molar-refractivity contribution in [1.82, 2.24) is 19.7 Å². The maximum atomic E-state index is 6.29. The largest absolute Gasteiger partial charge is 0.252 e. The van der Waals surface area contributed by atoms with Crippen LogP contribution in [0.1, 0.15) is 29.6 Å². The van der Waals surface area contributed by atoms with Crippen molar-refractivity contribution in [3.8, 4) is 5.95 Å². The molecule has 0 fully saturated rings. The summed E-state index contributed by atoms with van der Waals surface area (Å²) < 4.78 is 1.61. The summed E-state index contributed by atoms with van der Waals surface area (Å²) in [5.74, 6) is 0.537. The SMILES string of the molecule is CCc1c(C)nn(-c2nc(C)cc(C)n2)c1Cl. The molecule has 2 heterocycles. The third-order valence-corrected chi connectivity index (χ3v) is 3.02. The predicted octanol–water partition coefficient (Wildman–Crippen LogP) is 2.80. The monoisotopic (exact) mass is 250 g/mol. The number of hydrogen-bond donors (Lipinski definition) is 0. The molecule has 0 atom stereocenters. The molecule has 2 aromatic rings. The molecule has 0 saturated carbocycles. The smallest absolute Gasteiger partial charge is 0.216 e. The third kappa shape index (κ3) is 2.17. The number of aromatic nitrogens is 4. The summed E-state index contributed by atoms with van der Waals surface area (Å²) in [5.41, 5.74) is 3.80. The van der Waals surface area contributed by atoms with Crippen molar-refractivity contribution in [2.24, 2.45) is 0 Å². The summed E-state index contributed by atoms with van der Waals surface area (Å²) >= 11 is 6.29. The van der Waals surface area contributed by atoms with Crippen molar-refractivity contribution in [3.63, 3.8) is 0 Å².